The first-order valence-corrected chi connectivity index (χ1v) is 10.1. The summed E-state index contributed by atoms with van der Waals surface area (Å²) >= 11 is 0. The van der Waals surface area contributed by atoms with E-state index in [0.717, 1.165) is 30.5 Å². The molecule has 0 unspecified atom stereocenters. The summed E-state index contributed by atoms with van der Waals surface area (Å²) in [6.07, 6.45) is 2.45. The molecule has 0 aromatic heterocycles. The molecule has 2 aromatic rings. The third-order valence-corrected chi connectivity index (χ3v) is 6.94. The molecular formula is C18H19N3O4S. The molecule has 4 rings (SSSR count). The van der Waals surface area contributed by atoms with Gasteiger partial charge >= 0.3 is 0 Å². The van der Waals surface area contributed by atoms with E-state index >= 15 is 0 Å². The van der Waals surface area contributed by atoms with E-state index in [9.17, 15) is 18.5 Å². The summed E-state index contributed by atoms with van der Waals surface area (Å²) in [5.74, 6) is 0. The molecule has 0 radical (unpaired) electrons. The van der Waals surface area contributed by atoms with Gasteiger partial charge in [0.2, 0.25) is 10.0 Å². The Morgan fingerprint density at radius 3 is 2.42 bits per heavy atom. The number of hydrogen-bond donors (Lipinski definition) is 0. The van der Waals surface area contributed by atoms with E-state index in [1.54, 1.807) is 6.07 Å². The van der Waals surface area contributed by atoms with Crippen molar-refractivity contribution in [2.24, 2.45) is 0 Å². The van der Waals surface area contributed by atoms with Crippen LogP contribution in [-0.4, -0.2) is 37.3 Å². The molecule has 0 N–H and O–H groups in total. The molecular weight excluding hydrogens is 354 g/mol. The SMILES string of the molecule is O=[N+]([O-])c1ccc(N2CCc3ccccc32)c(S(=O)(=O)N2CCCC2)c1. The highest BCUT2D eigenvalue weighted by atomic mass is 32.2. The van der Waals surface area contributed by atoms with Crippen LogP contribution in [0, 0.1) is 10.1 Å². The second-order valence-electron chi connectivity index (χ2n) is 6.55. The van der Waals surface area contributed by atoms with Gasteiger partial charge in [0.1, 0.15) is 4.90 Å². The molecule has 2 aliphatic heterocycles. The predicted octanol–water partition coefficient (Wildman–Crippen LogP) is 3.07. The van der Waals surface area contributed by atoms with Gasteiger partial charge in [-0.3, -0.25) is 10.1 Å². The van der Waals surface area contributed by atoms with Crippen molar-refractivity contribution in [2.45, 2.75) is 24.2 Å². The standard InChI is InChI=1S/C18H19N3O4S/c22-21(23)15-7-8-17(20-12-9-14-5-1-2-6-16(14)20)18(13-15)26(24,25)19-10-3-4-11-19/h1-2,5-8,13H,3-4,9-12H2. The summed E-state index contributed by atoms with van der Waals surface area (Å²) in [7, 11) is -3.78. The lowest BCUT2D eigenvalue weighted by Gasteiger charge is -2.24. The van der Waals surface area contributed by atoms with Gasteiger partial charge in [0.05, 0.1) is 10.6 Å². The van der Waals surface area contributed by atoms with Gasteiger partial charge in [-0.15, -0.1) is 0 Å². The van der Waals surface area contributed by atoms with Gasteiger partial charge in [-0.25, -0.2) is 8.42 Å². The molecule has 0 atom stereocenters. The van der Waals surface area contributed by atoms with E-state index in [2.05, 4.69) is 0 Å². The molecule has 136 valence electrons. The summed E-state index contributed by atoms with van der Waals surface area (Å²) < 4.78 is 27.8. The van der Waals surface area contributed by atoms with Crippen molar-refractivity contribution >= 4 is 27.1 Å². The Kier molecular flexibility index (Phi) is 4.16. The Balaban J connectivity index is 1.86. The van der Waals surface area contributed by atoms with Gasteiger partial charge in [-0.2, -0.15) is 4.31 Å². The van der Waals surface area contributed by atoms with E-state index in [4.69, 9.17) is 0 Å². The number of sulfonamides is 1. The Morgan fingerprint density at radius 1 is 0.962 bits per heavy atom. The molecule has 8 heteroatoms. The Morgan fingerprint density at radius 2 is 1.69 bits per heavy atom. The van der Waals surface area contributed by atoms with Crippen LogP contribution in [0.4, 0.5) is 17.1 Å². The molecule has 0 spiro atoms. The topological polar surface area (TPSA) is 83.8 Å². The smallest absolute Gasteiger partial charge is 0.270 e. The minimum absolute atomic E-state index is 0.0188. The second-order valence-corrected chi connectivity index (χ2v) is 8.46. The summed E-state index contributed by atoms with van der Waals surface area (Å²) in [6, 6.07) is 12.0. The van der Waals surface area contributed by atoms with Crippen molar-refractivity contribution in [3.63, 3.8) is 0 Å². The molecule has 2 aliphatic rings. The maximum Gasteiger partial charge on any atom is 0.270 e. The van der Waals surface area contributed by atoms with Gasteiger partial charge in [0.15, 0.2) is 0 Å². The van der Waals surface area contributed by atoms with Crippen molar-refractivity contribution in [1.82, 2.24) is 4.31 Å². The molecule has 7 nitrogen and oxygen atoms in total. The van der Waals surface area contributed by atoms with Crippen molar-refractivity contribution in [1.29, 1.82) is 0 Å². The van der Waals surface area contributed by atoms with Crippen molar-refractivity contribution in [3.8, 4) is 0 Å². The fraction of sp³-hybridized carbons (Fsp3) is 0.333. The Hall–Kier alpha value is -2.45. The van der Waals surface area contributed by atoms with Crippen molar-refractivity contribution in [2.75, 3.05) is 24.5 Å². The number of fused-ring (bicyclic) bond motifs is 1. The first-order chi connectivity index (χ1) is 12.5. The predicted molar refractivity (Wildman–Crippen MR) is 98.2 cm³/mol. The summed E-state index contributed by atoms with van der Waals surface area (Å²) in [6.45, 7) is 1.57. The van der Waals surface area contributed by atoms with Crippen LogP contribution in [0.3, 0.4) is 0 Å². The molecule has 0 amide bonds. The summed E-state index contributed by atoms with van der Waals surface area (Å²) in [5.41, 5.74) is 2.40. The van der Waals surface area contributed by atoms with Crippen molar-refractivity contribution in [3.05, 3.63) is 58.1 Å². The Bertz CT molecular complexity index is 968. The normalized spacial score (nSPS) is 17.5. The fourth-order valence-corrected chi connectivity index (χ4v) is 5.43. The largest absolute Gasteiger partial charge is 0.340 e. The van der Waals surface area contributed by atoms with E-state index < -0.39 is 14.9 Å². The first kappa shape index (κ1) is 17.0. The van der Waals surface area contributed by atoms with Crippen LogP contribution in [0.2, 0.25) is 0 Å². The zero-order valence-corrected chi connectivity index (χ0v) is 15.0. The van der Waals surface area contributed by atoms with Crippen LogP contribution in [0.15, 0.2) is 47.4 Å². The summed E-state index contributed by atoms with van der Waals surface area (Å²) in [4.78, 5) is 12.6. The lowest BCUT2D eigenvalue weighted by atomic mass is 10.2. The number of hydrogen-bond acceptors (Lipinski definition) is 5. The lowest BCUT2D eigenvalue weighted by molar-refractivity contribution is -0.385. The van der Waals surface area contributed by atoms with Crippen LogP contribution < -0.4 is 4.90 Å². The number of benzene rings is 2. The molecule has 1 saturated heterocycles. The van der Waals surface area contributed by atoms with Crippen molar-refractivity contribution < 1.29 is 13.3 Å². The van der Waals surface area contributed by atoms with Crippen LogP contribution >= 0.6 is 0 Å². The molecule has 0 aliphatic carbocycles. The second kappa shape index (κ2) is 6.37. The average Bonchev–Trinajstić information content (AvgIpc) is 3.31. The van der Waals surface area contributed by atoms with Gasteiger partial charge in [0.25, 0.3) is 5.69 Å². The molecule has 0 bridgehead atoms. The number of nitro groups is 1. The maximum absolute atomic E-state index is 13.2. The van der Waals surface area contributed by atoms with Crippen LogP contribution in [0.1, 0.15) is 18.4 Å². The lowest BCUT2D eigenvalue weighted by Crippen LogP contribution is -2.29. The average molecular weight is 373 g/mol. The number of nitro benzene ring substituents is 1. The third kappa shape index (κ3) is 2.75. The molecule has 0 saturated carbocycles. The van der Waals surface area contributed by atoms with E-state index in [1.165, 1.54) is 16.4 Å². The number of anilines is 2. The zero-order chi connectivity index (χ0) is 18.3. The number of nitrogens with zero attached hydrogens (tertiary/aromatic N) is 3. The van der Waals surface area contributed by atoms with Crippen LogP contribution in [0.5, 0.6) is 0 Å². The highest BCUT2D eigenvalue weighted by Crippen LogP contribution is 2.40. The van der Waals surface area contributed by atoms with E-state index in [-0.39, 0.29) is 10.6 Å². The monoisotopic (exact) mass is 373 g/mol. The molecule has 26 heavy (non-hydrogen) atoms. The van der Waals surface area contributed by atoms with Gasteiger partial charge in [-0.1, -0.05) is 18.2 Å². The van der Waals surface area contributed by atoms with E-state index in [1.807, 2.05) is 29.2 Å². The van der Waals surface area contributed by atoms with Gasteiger partial charge in [-0.05, 0) is 37.0 Å². The van der Waals surface area contributed by atoms with Gasteiger partial charge < -0.3 is 4.90 Å². The van der Waals surface area contributed by atoms with Crippen LogP contribution in [0.25, 0.3) is 0 Å². The third-order valence-electron chi connectivity index (χ3n) is 5.02. The number of non-ortho nitro benzene ring substituents is 1. The minimum atomic E-state index is -3.78. The zero-order valence-electron chi connectivity index (χ0n) is 14.2. The Labute approximate surface area is 152 Å². The fourth-order valence-electron chi connectivity index (χ4n) is 3.70. The minimum Gasteiger partial charge on any atom is -0.340 e. The van der Waals surface area contributed by atoms with Gasteiger partial charge in [0, 0.05) is 37.5 Å². The quantitative estimate of drug-likeness (QED) is 0.607. The molecule has 2 heterocycles. The highest BCUT2D eigenvalue weighted by Gasteiger charge is 2.33. The van der Waals surface area contributed by atoms with E-state index in [0.29, 0.717) is 25.3 Å². The number of rotatable bonds is 4. The highest BCUT2D eigenvalue weighted by molar-refractivity contribution is 7.89. The van der Waals surface area contributed by atoms with Crippen LogP contribution in [-0.2, 0) is 16.4 Å². The first-order valence-electron chi connectivity index (χ1n) is 8.62. The molecule has 1 fully saturated rings. The molecule has 2 aromatic carbocycles. The maximum atomic E-state index is 13.2. The summed E-state index contributed by atoms with van der Waals surface area (Å²) in [5, 5.41) is 11.2. The number of para-hydroxylation sites is 1.